The average molecular weight is 2010 g/mol. The van der Waals surface area contributed by atoms with Gasteiger partial charge < -0.3 is 101 Å². The van der Waals surface area contributed by atoms with Gasteiger partial charge in [0.05, 0.1) is 0 Å². The molecule has 0 radical (unpaired) electrons. The molecule has 0 spiro atoms. The number of hydrogen-bond acceptors (Lipinski definition) is 21. The third-order valence-electron chi connectivity index (χ3n) is 17.4. The summed E-state index contributed by atoms with van der Waals surface area (Å²) >= 11 is 0. The highest BCUT2D eigenvalue weighted by atomic mass is 31.2. The van der Waals surface area contributed by atoms with E-state index in [0.29, 0.717) is 77.8 Å². The lowest BCUT2D eigenvalue weighted by Crippen LogP contribution is -2.14. The van der Waals surface area contributed by atoms with Crippen molar-refractivity contribution in [2.24, 2.45) is 0 Å². The van der Waals surface area contributed by atoms with Gasteiger partial charge >= 0.3 is 54.8 Å². The van der Waals surface area contributed by atoms with Crippen LogP contribution in [0.3, 0.4) is 0 Å². The van der Waals surface area contributed by atoms with Gasteiger partial charge in [-0.1, -0.05) is 42.5 Å². The van der Waals surface area contributed by atoms with E-state index in [1.165, 1.54) is 112 Å². The minimum atomic E-state index is -4.81. The van der Waals surface area contributed by atoms with Gasteiger partial charge in [-0.25, -0.2) is 32.0 Å². The number of aromatic amines is 7. The molecule has 7 aromatic carbocycles. The molecule has 42 nitrogen and oxygen atoms in total. The predicted octanol–water partition coefficient (Wildman–Crippen LogP) is 12.2. The zero-order valence-corrected chi connectivity index (χ0v) is 78.6. The lowest BCUT2D eigenvalue weighted by Gasteiger charge is -2.11. The molecule has 14 aromatic rings. The van der Waals surface area contributed by atoms with Crippen LogP contribution >= 0.6 is 54.8 Å². The van der Waals surface area contributed by atoms with E-state index in [-0.39, 0.29) is 85.9 Å². The first-order valence-electron chi connectivity index (χ1n) is 51.2. The van der Waals surface area contributed by atoms with Crippen LogP contribution < -0.4 is 31.7 Å². The van der Waals surface area contributed by atoms with Gasteiger partial charge in [-0.3, -0.25) is 68.5 Å². The van der Waals surface area contributed by atoms with Crippen LogP contribution in [0.5, 0.6) is 40.2 Å². The SMILES string of the molecule is [2H]C(Cc1c[nH]c2cccc(OP(=O)(O)O)c12)N(C)C.[2H]C(Cc1c[nH]c2cccc(OP(=O)(O)O)c12)N(C)C([2H])([2H])[2H].[2H]C(Cc1c[nH]c2cccc(OP(=O)(O)O)c12)N(C)C([2H])([2H])[2H].[2H]C(N(C)C)C([2H])([2H])c1c[nH]c2cccc(OP(=O)(O)O)c12.[2H]C(c1c[nH]c2cccc(OP(=O)(O)O)c12)C([2H])N(C)C.[2H]C(c1c[nH]c2cccc(OP(=O)(O)O)c12)C([2H])N(C)C([2H])([2H])[2H].[2H]C(c1c[nH]c2cccc(OP(=O)(O)O)c12)C([2H])N(C)C([2H])([2H])[2H]. The highest BCUT2D eigenvalue weighted by molar-refractivity contribution is 7.48. The summed E-state index contributed by atoms with van der Waals surface area (Å²) in [6.07, 6.45) is 5.61. The van der Waals surface area contributed by atoms with Crippen molar-refractivity contribution < 1.29 is 165 Å². The van der Waals surface area contributed by atoms with Gasteiger partial charge in [0.2, 0.25) is 0 Å². The summed E-state index contributed by atoms with van der Waals surface area (Å²) in [6.45, 7) is -17.3. The molecule has 10 unspecified atom stereocenters. The van der Waals surface area contributed by atoms with Gasteiger partial charge in [0.15, 0.2) is 0 Å². The highest BCUT2D eigenvalue weighted by Crippen LogP contribution is 2.49. The van der Waals surface area contributed by atoms with Gasteiger partial charge in [0.25, 0.3) is 0 Å². The van der Waals surface area contributed by atoms with E-state index in [4.69, 9.17) is 110 Å². The van der Waals surface area contributed by atoms with Crippen molar-refractivity contribution in [3.8, 4) is 40.2 Å². The maximum Gasteiger partial charge on any atom is 0.524 e. The van der Waals surface area contributed by atoms with E-state index in [9.17, 15) is 32.0 Å². The van der Waals surface area contributed by atoms with Gasteiger partial charge in [-0.05, 0) is 267 Å². The second-order valence-electron chi connectivity index (χ2n) is 28.9. The Morgan fingerprint density at radius 1 is 0.241 bits per heavy atom. The molecule has 728 valence electrons. The number of benzene rings is 7. The fourth-order valence-electron chi connectivity index (χ4n) is 12.3. The molecule has 49 heteroatoms. The maximum absolute atomic E-state index is 11.1. The summed E-state index contributed by atoms with van der Waals surface area (Å²) in [5.74, 6) is -0.321. The minimum Gasteiger partial charge on any atom is -0.404 e. The van der Waals surface area contributed by atoms with Crippen molar-refractivity contribution in [2.75, 3.05) is 144 Å². The van der Waals surface area contributed by atoms with Crippen molar-refractivity contribution in [2.45, 2.75) is 44.8 Å². The Morgan fingerprint density at radius 2 is 0.406 bits per heavy atom. The van der Waals surface area contributed by atoms with Crippen molar-refractivity contribution >= 4 is 131 Å². The summed E-state index contributed by atoms with van der Waals surface area (Å²) in [7, 11) is -17.9. The molecule has 133 heavy (non-hydrogen) atoms. The summed E-state index contributed by atoms with van der Waals surface area (Å²) in [5.41, 5.74) is 6.72. The quantitative estimate of drug-likeness (QED) is 0.0164. The number of rotatable bonds is 35. The molecule has 21 N–H and O–H groups in total. The fourth-order valence-corrected chi connectivity index (χ4v) is 15.2. The zero-order chi connectivity index (χ0) is 119. The molecule has 10 atom stereocenters. The maximum atomic E-state index is 11.1. The van der Waals surface area contributed by atoms with Gasteiger partial charge in [-0.2, -0.15) is 0 Å². The largest absolute Gasteiger partial charge is 0.524 e. The number of hydrogen-bond donors (Lipinski definition) is 21. The van der Waals surface area contributed by atoms with Crippen LogP contribution in [0.2, 0.25) is 0 Å². The molecule has 0 fully saturated rings. The molecule has 7 heterocycles. The van der Waals surface area contributed by atoms with E-state index >= 15 is 0 Å². The van der Waals surface area contributed by atoms with Crippen LogP contribution in [-0.4, -0.2) is 282 Å². The Labute approximate surface area is 801 Å². The Balaban J connectivity index is 0.000000222. The third-order valence-corrected chi connectivity index (χ3v) is 20.4. The average Bonchev–Trinajstić information content (AvgIpc) is 1.61. The van der Waals surface area contributed by atoms with E-state index in [1.807, 2.05) is 0 Å². The van der Waals surface area contributed by atoms with Crippen molar-refractivity contribution in [3.63, 3.8) is 0 Å². The molecule has 0 aliphatic heterocycles. The Hall–Kier alpha value is -9.31. The van der Waals surface area contributed by atoms with Gasteiger partial charge in [0, 0.05) is 198 Å². The summed E-state index contributed by atoms with van der Waals surface area (Å²) in [4.78, 5) is 154. The van der Waals surface area contributed by atoms with E-state index < -0.39 is 154 Å². The van der Waals surface area contributed by atoms with Gasteiger partial charge in [0.1, 0.15) is 40.2 Å². The Kier molecular flexibility index (Phi) is 28.3. The smallest absolute Gasteiger partial charge is 0.404 e. The normalized spacial score (nSPS) is 17.8. The molecule has 0 aliphatic rings. The number of phosphoric acid groups is 7. The number of phosphoric ester groups is 7. The van der Waals surface area contributed by atoms with E-state index in [0.717, 1.165) is 30.7 Å². The minimum absolute atomic E-state index is 0.000268. The first-order valence-corrected chi connectivity index (χ1v) is 49.1. The molecule has 0 saturated carbocycles. The predicted molar refractivity (Wildman–Crippen MR) is 513 cm³/mol. The first-order chi connectivity index (χ1) is 71.8. The number of aryl methyl sites for hydroxylation is 7. The number of H-pyrrole nitrogens is 7. The van der Waals surface area contributed by atoms with Crippen LogP contribution in [-0.2, 0) is 76.8 Å². The molecule has 0 saturated heterocycles. The molecular formula is C84H119N14O28P7. The zero-order valence-electron chi connectivity index (χ0n) is 96.3. The number of fused-ring (bicyclic) bond motifs is 7. The second kappa shape index (κ2) is 48.4. The standard InChI is InChI=1S/7C12H17N2O4P/c7*1-14(2)7-6-9-8-13-10-4-3-5-11(12(9)10)18-19(15,16)17/h7*3-5,8,13H,6-7H2,1-2H3,(H2,15,16,17)/i2*1D3,6D,7D;6D2,7D;6D,7D;2*1D3,7D;7D. The monoisotopic (exact) mass is 2010 g/mol. The fraction of sp³-hybridized carbons (Fsp3) is 0.333. The Morgan fingerprint density at radius 3 is 0.602 bits per heavy atom. The van der Waals surface area contributed by atoms with Crippen LogP contribution in [0, 0.1) is 0 Å². The molecule has 0 amide bonds. The molecule has 7 aromatic heterocycles. The van der Waals surface area contributed by atoms with Crippen LogP contribution in [0.15, 0.2) is 171 Å². The van der Waals surface area contributed by atoms with Crippen molar-refractivity contribution in [3.05, 3.63) is 210 Å². The van der Waals surface area contributed by atoms with Crippen LogP contribution in [0.4, 0.5) is 0 Å². The number of nitrogens with one attached hydrogen (secondary N) is 7. The number of nitrogens with zero attached hydrogens (tertiary/aromatic N) is 7. The van der Waals surface area contributed by atoms with E-state index in [1.54, 1.807) is 144 Å². The van der Waals surface area contributed by atoms with Crippen molar-refractivity contribution in [1.82, 2.24) is 69.2 Å². The molecular weight excluding hydrogens is 1870 g/mol. The first kappa shape index (κ1) is 77.8. The summed E-state index contributed by atoms with van der Waals surface area (Å²) in [5, 5.41) is 2.55. The topological polar surface area (TPSA) is 601 Å². The highest BCUT2D eigenvalue weighted by Gasteiger charge is 2.28. The number of aromatic nitrogens is 7. The third kappa shape index (κ3) is 36.4. The van der Waals surface area contributed by atoms with Crippen LogP contribution in [0.1, 0.15) is 71.8 Å². The lowest BCUT2D eigenvalue weighted by atomic mass is 10.1. The van der Waals surface area contributed by atoms with Crippen molar-refractivity contribution in [1.29, 1.82) is 0 Å². The molecule has 0 bridgehead atoms. The molecule has 14 rings (SSSR count). The van der Waals surface area contributed by atoms with Crippen LogP contribution in [0.25, 0.3) is 76.3 Å². The number of likely N-dealkylation sites (N-methyl/N-ethyl adjacent to an activating group) is 7. The lowest BCUT2D eigenvalue weighted by molar-refractivity contribution is 0.282. The van der Waals surface area contributed by atoms with Gasteiger partial charge in [-0.15, -0.1) is 0 Å². The summed E-state index contributed by atoms with van der Waals surface area (Å²) < 4.78 is 295. The second-order valence-corrected chi connectivity index (χ2v) is 37.1. The Bertz CT molecular complexity index is 7280. The summed E-state index contributed by atoms with van der Waals surface area (Å²) in [6, 6.07) is 32.5. The van der Waals surface area contributed by atoms with E-state index in [2.05, 4.69) is 57.5 Å². The molecule has 0 aliphatic carbocycles.